The van der Waals surface area contributed by atoms with Gasteiger partial charge in [-0.3, -0.25) is 14.4 Å². The number of hydrogen-bond acceptors (Lipinski definition) is 3. The molecule has 2 N–H and O–H groups in total. The molecule has 0 bridgehead atoms. The highest BCUT2D eigenvalue weighted by Crippen LogP contribution is 2.39. The molecule has 1 aromatic heterocycles. The predicted molar refractivity (Wildman–Crippen MR) is 136 cm³/mol. The molecule has 0 spiro atoms. The molecule has 7 heteroatoms. The number of anilines is 1. The van der Waals surface area contributed by atoms with Crippen molar-refractivity contribution in [2.24, 2.45) is 0 Å². The minimum atomic E-state index is -1.09. The second kappa shape index (κ2) is 8.87. The highest BCUT2D eigenvalue weighted by Gasteiger charge is 2.49. The second-order valence-electron chi connectivity index (χ2n) is 10.1. The summed E-state index contributed by atoms with van der Waals surface area (Å²) in [7, 11) is 0. The van der Waals surface area contributed by atoms with Gasteiger partial charge in [0.15, 0.2) is 0 Å². The second-order valence-corrected chi connectivity index (χ2v) is 10.1. The Morgan fingerprint density at radius 3 is 2.46 bits per heavy atom. The van der Waals surface area contributed by atoms with Crippen LogP contribution in [0.15, 0.2) is 48.5 Å². The summed E-state index contributed by atoms with van der Waals surface area (Å²) in [4.78, 5) is 41.9. The lowest BCUT2D eigenvalue weighted by Gasteiger charge is -2.45. The van der Waals surface area contributed by atoms with Crippen molar-refractivity contribution < 1.29 is 14.4 Å². The molecule has 3 amide bonds. The fourth-order valence-corrected chi connectivity index (χ4v) is 5.55. The van der Waals surface area contributed by atoms with Crippen molar-refractivity contribution >= 4 is 34.3 Å². The highest BCUT2D eigenvalue weighted by atomic mass is 16.2. The monoisotopic (exact) mass is 472 g/mol. The van der Waals surface area contributed by atoms with Crippen LogP contribution >= 0.6 is 0 Å². The SMILES string of the molecule is CC(=O)Nc1c2n(c3ccccc13)C[C@](C)(C(=O)NC1CCCC1)N(Cc1ccccc1C)C2=O. The van der Waals surface area contributed by atoms with Gasteiger partial charge in [-0.2, -0.15) is 0 Å². The summed E-state index contributed by atoms with van der Waals surface area (Å²) < 4.78 is 1.91. The molecule has 0 radical (unpaired) electrons. The van der Waals surface area contributed by atoms with E-state index in [9.17, 15) is 14.4 Å². The van der Waals surface area contributed by atoms with Gasteiger partial charge in [-0.05, 0) is 43.9 Å². The third-order valence-corrected chi connectivity index (χ3v) is 7.55. The van der Waals surface area contributed by atoms with Crippen LogP contribution in [-0.2, 0) is 22.7 Å². The number of rotatable bonds is 5. The number of carbonyl (C=O) groups is 3. The van der Waals surface area contributed by atoms with Crippen LogP contribution in [0.3, 0.4) is 0 Å². The maximum atomic E-state index is 14.2. The first-order valence-corrected chi connectivity index (χ1v) is 12.4. The molecule has 1 fully saturated rings. The van der Waals surface area contributed by atoms with Crippen molar-refractivity contribution in [2.45, 2.75) is 71.1 Å². The number of hydrogen-bond donors (Lipinski definition) is 2. The topological polar surface area (TPSA) is 83.4 Å². The minimum Gasteiger partial charge on any atom is -0.351 e. The van der Waals surface area contributed by atoms with E-state index in [1.54, 1.807) is 4.90 Å². The number of fused-ring (bicyclic) bond motifs is 3. The zero-order valence-electron chi connectivity index (χ0n) is 20.6. The van der Waals surface area contributed by atoms with Gasteiger partial charge < -0.3 is 20.1 Å². The molecule has 0 saturated heterocycles. The van der Waals surface area contributed by atoms with E-state index in [1.807, 2.05) is 66.9 Å². The summed E-state index contributed by atoms with van der Waals surface area (Å²) in [6.45, 7) is 5.93. The van der Waals surface area contributed by atoms with Crippen molar-refractivity contribution in [3.63, 3.8) is 0 Å². The van der Waals surface area contributed by atoms with E-state index in [0.717, 1.165) is 47.7 Å². The Bertz CT molecular complexity index is 1320. The number of nitrogens with one attached hydrogen (secondary N) is 2. The van der Waals surface area contributed by atoms with E-state index in [-0.39, 0.29) is 23.8 Å². The Morgan fingerprint density at radius 2 is 1.74 bits per heavy atom. The molecular weight excluding hydrogens is 440 g/mol. The van der Waals surface area contributed by atoms with E-state index in [1.165, 1.54) is 6.92 Å². The van der Waals surface area contributed by atoms with E-state index >= 15 is 0 Å². The van der Waals surface area contributed by atoms with Gasteiger partial charge in [0, 0.05) is 24.9 Å². The average molecular weight is 473 g/mol. The third-order valence-electron chi connectivity index (χ3n) is 7.55. The van der Waals surface area contributed by atoms with Crippen LogP contribution < -0.4 is 10.6 Å². The largest absolute Gasteiger partial charge is 0.351 e. The lowest BCUT2D eigenvalue weighted by Crippen LogP contribution is -2.64. The van der Waals surface area contributed by atoms with Crippen LogP contribution in [0, 0.1) is 6.92 Å². The molecule has 2 heterocycles. The minimum absolute atomic E-state index is 0.129. The summed E-state index contributed by atoms with van der Waals surface area (Å²) >= 11 is 0. The Labute approximate surface area is 205 Å². The van der Waals surface area contributed by atoms with Gasteiger partial charge in [-0.25, -0.2) is 0 Å². The molecular formula is C28H32N4O3. The summed E-state index contributed by atoms with van der Waals surface area (Å²) in [5, 5.41) is 6.93. The van der Waals surface area contributed by atoms with Crippen LogP contribution in [0.25, 0.3) is 10.9 Å². The van der Waals surface area contributed by atoms with Crippen molar-refractivity contribution in [1.82, 2.24) is 14.8 Å². The first-order valence-electron chi connectivity index (χ1n) is 12.4. The normalized spacial score (nSPS) is 20.2. The van der Waals surface area contributed by atoms with E-state index in [4.69, 9.17) is 0 Å². The van der Waals surface area contributed by atoms with E-state index < -0.39 is 5.54 Å². The molecule has 1 aliphatic heterocycles. The lowest BCUT2D eigenvalue weighted by molar-refractivity contribution is -0.133. The lowest BCUT2D eigenvalue weighted by atomic mass is 9.92. The smallest absolute Gasteiger partial charge is 0.273 e. The van der Waals surface area contributed by atoms with E-state index in [2.05, 4.69) is 10.6 Å². The van der Waals surface area contributed by atoms with Crippen molar-refractivity contribution in [3.05, 3.63) is 65.4 Å². The van der Waals surface area contributed by atoms with Crippen LogP contribution in [-0.4, -0.2) is 38.8 Å². The average Bonchev–Trinajstić information content (AvgIpc) is 3.44. The Balaban J connectivity index is 1.65. The first kappa shape index (κ1) is 23.1. The first-order chi connectivity index (χ1) is 16.8. The number of aryl methyl sites for hydroxylation is 1. The van der Waals surface area contributed by atoms with Gasteiger partial charge >= 0.3 is 0 Å². The molecule has 0 unspecified atom stereocenters. The molecule has 1 saturated carbocycles. The Morgan fingerprint density at radius 1 is 1.06 bits per heavy atom. The number of nitrogens with zero attached hydrogens (tertiary/aromatic N) is 2. The molecule has 3 aromatic rings. The van der Waals surface area contributed by atoms with Crippen LogP contribution in [0.1, 0.15) is 61.1 Å². The van der Waals surface area contributed by atoms with Crippen molar-refractivity contribution in [2.75, 3.05) is 5.32 Å². The zero-order chi connectivity index (χ0) is 24.7. The summed E-state index contributed by atoms with van der Waals surface area (Å²) in [5.74, 6) is -0.630. The van der Waals surface area contributed by atoms with E-state index in [0.29, 0.717) is 24.5 Å². The molecule has 2 aliphatic rings. The van der Waals surface area contributed by atoms with Gasteiger partial charge in [0.2, 0.25) is 11.8 Å². The van der Waals surface area contributed by atoms with Crippen LogP contribution in [0.4, 0.5) is 5.69 Å². The van der Waals surface area contributed by atoms with Gasteiger partial charge in [0.05, 0.1) is 17.7 Å². The fourth-order valence-electron chi connectivity index (χ4n) is 5.55. The predicted octanol–water partition coefficient (Wildman–Crippen LogP) is 4.38. The van der Waals surface area contributed by atoms with Gasteiger partial charge in [-0.1, -0.05) is 55.3 Å². The van der Waals surface area contributed by atoms with Gasteiger partial charge in [0.25, 0.3) is 5.91 Å². The summed E-state index contributed by atoms with van der Waals surface area (Å²) in [6, 6.07) is 15.7. The molecule has 7 nitrogen and oxygen atoms in total. The summed E-state index contributed by atoms with van der Waals surface area (Å²) in [5.41, 5.74) is 2.71. The van der Waals surface area contributed by atoms with Crippen LogP contribution in [0.2, 0.25) is 0 Å². The standard InChI is InChI=1S/C28H32N4O3/c1-18-10-4-5-11-20(18)16-32-26(34)25-24(29-19(2)33)22-14-8-9-15-23(22)31(25)17-28(32,3)27(35)30-21-12-6-7-13-21/h4-5,8-11,14-15,21H,6-7,12-13,16-17H2,1-3H3,(H,29,33)(H,30,35)/t28-/m1/s1. The molecule has 1 atom stereocenters. The van der Waals surface area contributed by atoms with Crippen molar-refractivity contribution in [3.8, 4) is 0 Å². The number of aromatic nitrogens is 1. The molecule has 5 rings (SSSR count). The zero-order valence-corrected chi connectivity index (χ0v) is 20.6. The maximum absolute atomic E-state index is 14.2. The van der Waals surface area contributed by atoms with Gasteiger partial charge in [0.1, 0.15) is 11.2 Å². The maximum Gasteiger partial charge on any atom is 0.273 e. The van der Waals surface area contributed by atoms with Crippen LogP contribution in [0.5, 0.6) is 0 Å². The fraction of sp³-hybridized carbons (Fsp3) is 0.393. The molecule has 35 heavy (non-hydrogen) atoms. The molecule has 2 aromatic carbocycles. The number of para-hydroxylation sites is 1. The van der Waals surface area contributed by atoms with Gasteiger partial charge in [-0.15, -0.1) is 0 Å². The van der Waals surface area contributed by atoms with Crippen molar-refractivity contribution in [1.29, 1.82) is 0 Å². The quantitative estimate of drug-likeness (QED) is 0.578. The number of carbonyl (C=O) groups excluding carboxylic acids is 3. The Hall–Kier alpha value is -3.61. The molecule has 182 valence electrons. The third kappa shape index (κ3) is 3.99. The molecule has 1 aliphatic carbocycles. The highest BCUT2D eigenvalue weighted by molar-refractivity contribution is 6.14. The number of amides is 3. The number of benzene rings is 2. The summed E-state index contributed by atoms with van der Waals surface area (Å²) in [6.07, 6.45) is 4.16. The Kier molecular flexibility index (Phi) is 5.87.